The van der Waals surface area contributed by atoms with Gasteiger partial charge in [0.2, 0.25) is 0 Å². The molecule has 0 radical (unpaired) electrons. The minimum absolute atomic E-state index is 0.337. The van der Waals surface area contributed by atoms with Crippen LogP contribution in [0.5, 0.6) is 0 Å². The number of hydrogen-bond acceptors (Lipinski definition) is 2. The second-order valence-electron chi connectivity index (χ2n) is 5.98. The number of halogens is 1. The molecule has 0 aliphatic carbocycles. The molecule has 2 N–H and O–H groups in total. The molecule has 2 nitrogen and oxygen atoms in total. The molecule has 0 saturated heterocycles. The molecule has 2 rings (SSSR count). The first-order valence-electron chi connectivity index (χ1n) is 6.25. The summed E-state index contributed by atoms with van der Waals surface area (Å²) in [6.45, 7) is 7.84. The molecule has 1 aliphatic rings. The standard InChI is InChI=1S/C14H21ClN2/c1-14(2,3)9-10-7-8-16-12-6-4-5-11(15)13(12)17-10/h4-6,10,16-17H,7-9H2,1-3H3. The fourth-order valence-corrected chi connectivity index (χ4v) is 2.60. The molecule has 1 aliphatic heterocycles. The molecule has 1 heterocycles. The maximum absolute atomic E-state index is 6.25. The molecule has 0 amide bonds. The highest BCUT2D eigenvalue weighted by molar-refractivity contribution is 6.34. The SMILES string of the molecule is CC(C)(C)CC1CCNc2cccc(Cl)c2N1. The van der Waals surface area contributed by atoms with Gasteiger partial charge in [-0.05, 0) is 30.4 Å². The van der Waals surface area contributed by atoms with Crippen molar-refractivity contribution in [3.63, 3.8) is 0 Å². The first-order valence-corrected chi connectivity index (χ1v) is 6.62. The van der Waals surface area contributed by atoms with Crippen molar-refractivity contribution in [3.8, 4) is 0 Å². The summed E-state index contributed by atoms with van der Waals surface area (Å²) in [5.74, 6) is 0. The van der Waals surface area contributed by atoms with E-state index in [4.69, 9.17) is 11.6 Å². The van der Waals surface area contributed by atoms with Gasteiger partial charge in [0.1, 0.15) is 0 Å². The van der Waals surface area contributed by atoms with Gasteiger partial charge >= 0.3 is 0 Å². The van der Waals surface area contributed by atoms with Crippen molar-refractivity contribution in [1.29, 1.82) is 0 Å². The second kappa shape index (κ2) is 4.77. The van der Waals surface area contributed by atoms with Gasteiger partial charge < -0.3 is 10.6 Å². The van der Waals surface area contributed by atoms with Gasteiger partial charge in [-0.25, -0.2) is 0 Å². The van der Waals surface area contributed by atoms with E-state index in [0.29, 0.717) is 11.5 Å². The molecule has 0 aromatic heterocycles. The van der Waals surface area contributed by atoms with Gasteiger partial charge in [0.05, 0.1) is 16.4 Å². The fraction of sp³-hybridized carbons (Fsp3) is 0.571. The second-order valence-corrected chi connectivity index (χ2v) is 6.39. The number of fused-ring (bicyclic) bond motifs is 1. The first kappa shape index (κ1) is 12.6. The smallest absolute Gasteiger partial charge is 0.0767 e. The van der Waals surface area contributed by atoms with Crippen LogP contribution in [0.2, 0.25) is 5.02 Å². The van der Waals surface area contributed by atoms with Crippen LogP contribution in [0.4, 0.5) is 11.4 Å². The zero-order chi connectivity index (χ0) is 12.5. The van der Waals surface area contributed by atoms with Crippen molar-refractivity contribution in [2.45, 2.75) is 39.7 Å². The molecule has 94 valence electrons. The van der Waals surface area contributed by atoms with E-state index in [0.717, 1.165) is 35.8 Å². The van der Waals surface area contributed by atoms with E-state index in [2.05, 4.69) is 37.5 Å². The average Bonchev–Trinajstić information content (AvgIpc) is 2.38. The van der Waals surface area contributed by atoms with Gasteiger partial charge in [-0.1, -0.05) is 38.4 Å². The first-order chi connectivity index (χ1) is 7.96. The predicted molar refractivity (Wildman–Crippen MR) is 76.0 cm³/mol. The molecule has 1 aromatic carbocycles. The summed E-state index contributed by atoms with van der Waals surface area (Å²) in [6, 6.07) is 6.49. The Labute approximate surface area is 109 Å². The highest BCUT2D eigenvalue weighted by atomic mass is 35.5. The summed E-state index contributed by atoms with van der Waals surface area (Å²) >= 11 is 6.25. The molecular weight excluding hydrogens is 232 g/mol. The van der Waals surface area contributed by atoms with Crippen molar-refractivity contribution < 1.29 is 0 Å². The van der Waals surface area contributed by atoms with E-state index < -0.39 is 0 Å². The van der Waals surface area contributed by atoms with Gasteiger partial charge in [0, 0.05) is 12.6 Å². The highest BCUT2D eigenvalue weighted by Crippen LogP contribution is 2.35. The fourth-order valence-electron chi connectivity index (χ4n) is 2.37. The maximum Gasteiger partial charge on any atom is 0.0767 e. The number of nitrogens with one attached hydrogen (secondary N) is 2. The molecule has 0 spiro atoms. The van der Waals surface area contributed by atoms with E-state index in [-0.39, 0.29) is 0 Å². The largest absolute Gasteiger partial charge is 0.383 e. The topological polar surface area (TPSA) is 24.1 Å². The Morgan fingerprint density at radius 2 is 2.12 bits per heavy atom. The summed E-state index contributed by atoms with van der Waals surface area (Å²) in [5, 5.41) is 7.83. The third-order valence-electron chi connectivity index (χ3n) is 3.03. The Morgan fingerprint density at radius 1 is 1.35 bits per heavy atom. The summed E-state index contributed by atoms with van der Waals surface area (Å²) < 4.78 is 0. The van der Waals surface area contributed by atoms with E-state index in [1.165, 1.54) is 0 Å². The zero-order valence-electron chi connectivity index (χ0n) is 10.8. The minimum Gasteiger partial charge on any atom is -0.383 e. The number of para-hydroxylation sites is 1. The summed E-state index contributed by atoms with van der Waals surface area (Å²) in [5.41, 5.74) is 2.51. The minimum atomic E-state index is 0.337. The van der Waals surface area contributed by atoms with Crippen LogP contribution in [0.1, 0.15) is 33.6 Å². The molecule has 1 aromatic rings. The van der Waals surface area contributed by atoms with Crippen LogP contribution >= 0.6 is 11.6 Å². The van der Waals surface area contributed by atoms with Gasteiger partial charge in [-0.15, -0.1) is 0 Å². The van der Waals surface area contributed by atoms with E-state index in [1.807, 2.05) is 12.1 Å². The third-order valence-corrected chi connectivity index (χ3v) is 3.34. The van der Waals surface area contributed by atoms with Crippen molar-refractivity contribution in [3.05, 3.63) is 23.2 Å². The average molecular weight is 253 g/mol. The molecule has 0 bridgehead atoms. The summed E-state index contributed by atoms with van der Waals surface area (Å²) in [7, 11) is 0. The van der Waals surface area contributed by atoms with Crippen LogP contribution in [0, 0.1) is 5.41 Å². The number of anilines is 2. The lowest BCUT2D eigenvalue weighted by molar-refractivity contribution is 0.345. The van der Waals surface area contributed by atoms with E-state index in [1.54, 1.807) is 0 Å². The molecule has 0 fully saturated rings. The zero-order valence-corrected chi connectivity index (χ0v) is 11.6. The normalized spacial score (nSPS) is 19.9. The summed E-state index contributed by atoms with van der Waals surface area (Å²) in [4.78, 5) is 0. The number of benzene rings is 1. The number of rotatable bonds is 1. The van der Waals surface area contributed by atoms with Crippen LogP contribution < -0.4 is 10.6 Å². The Morgan fingerprint density at radius 3 is 2.82 bits per heavy atom. The quantitative estimate of drug-likeness (QED) is 0.776. The van der Waals surface area contributed by atoms with Crippen LogP contribution in [0.15, 0.2) is 18.2 Å². The monoisotopic (exact) mass is 252 g/mol. The van der Waals surface area contributed by atoms with Crippen LogP contribution in [-0.2, 0) is 0 Å². The molecule has 3 heteroatoms. The lowest BCUT2D eigenvalue weighted by atomic mass is 9.87. The lowest BCUT2D eigenvalue weighted by Crippen LogP contribution is -2.26. The van der Waals surface area contributed by atoms with E-state index >= 15 is 0 Å². The molecule has 17 heavy (non-hydrogen) atoms. The molecule has 1 unspecified atom stereocenters. The Bertz CT molecular complexity index is 396. The Hall–Kier alpha value is -0.890. The van der Waals surface area contributed by atoms with Gasteiger partial charge in [-0.3, -0.25) is 0 Å². The molecule has 0 saturated carbocycles. The van der Waals surface area contributed by atoms with Crippen molar-refractivity contribution >= 4 is 23.0 Å². The van der Waals surface area contributed by atoms with Gasteiger partial charge in [0.25, 0.3) is 0 Å². The van der Waals surface area contributed by atoms with Crippen LogP contribution in [0.25, 0.3) is 0 Å². The van der Waals surface area contributed by atoms with Crippen LogP contribution in [-0.4, -0.2) is 12.6 Å². The van der Waals surface area contributed by atoms with Crippen LogP contribution in [0.3, 0.4) is 0 Å². The van der Waals surface area contributed by atoms with Crippen molar-refractivity contribution in [1.82, 2.24) is 0 Å². The lowest BCUT2D eigenvalue weighted by Gasteiger charge is -2.26. The Kier molecular flexibility index (Phi) is 3.53. The van der Waals surface area contributed by atoms with E-state index in [9.17, 15) is 0 Å². The van der Waals surface area contributed by atoms with Crippen molar-refractivity contribution in [2.75, 3.05) is 17.2 Å². The van der Waals surface area contributed by atoms with Crippen molar-refractivity contribution in [2.24, 2.45) is 5.41 Å². The van der Waals surface area contributed by atoms with Gasteiger partial charge in [-0.2, -0.15) is 0 Å². The number of hydrogen-bond donors (Lipinski definition) is 2. The molecule has 1 atom stereocenters. The third kappa shape index (κ3) is 3.29. The Balaban J connectivity index is 2.19. The van der Waals surface area contributed by atoms with Gasteiger partial charge in [0.15, 0.2) is 0 Å². The predicted octanol–water partition coefficient (Wildman–Crippen LogP) is 4.37. The highest BCUT2D eigenvalue weighted by Gasteiger charge is 2.22. The maximum atomic E-state index is 6.25. The molecular formula is C14H21ClN2. The summed E-state index contributed by atoms with van der Waals surface area (Å²) in [6.07, 6.45) is 2.28.